The number of nitrogens with zero attached hydrogens (tertiary/aromatic N) is 5. The standard InChI is InChI=1S/C17H23N5O/c1-20(2)16-10-14(4-7-18-16)13-5-8-22(9-6-13)17(23)15-11-19-21(3)12-15/h4,7,10-13H,5-6,8-9H2,1-3H3. The van der Waals surface area contributed by atoms with Crippen molar-refractivity contribution in [3.05, 3.63) is 41.9 Å². The van der Waals surface area contributed by atoms with Gasteiger partial charge in [0.2, 0.25) is 0 Å². The molecule has 2 aromatic heterocycles. The number of carbonyl (C=O) groups excluding carboxylic acids is 1. The molecule has 0 saturated carbocycles. The highest BCUT2D eigenvalue weighted by Crippen LogP contribution is 2.29. The monoisotopic (exact) mass is 313 g/mol. The molecule has 2 aromatic rings. The van der Waals surface area contributed by atoms with Gasteiger partial charge in [-0.3, -0.25) is 9.48 Å². The highest BCUT2D eigenvalue weighted by Gasteiger charge is 2.25. The number of pyridine rings is 1. The van der Waals surface area contributed by atoms with Crippen molar-refractivity contribution in [2.75, 3.05) is 32.1 Å². The Morgan fingerprint density at radius 1 is 1.30 bits per heavy atom. The van der Waals surface area contributed by atoms with E-state index < -0.39 is 0 Å². The Morgan fingerprint density at radius 2 is 2.04 bits per heavy atom. The molecule has 0 aromatic carbocycles. The summed E-state index contributed by atoms with van der Waals surface area (Å²) in [6, 6.07) is 4.25. The quantitative estimate of drug-likeness (QED) is 0.868. The molecule has 0 atom stereocenters. The van der Waals surface area contributed by atoms with Crippen LogP contribution >= 0.6 is 0 Å². The van der Waals surface area contributed by atoms with Gasteiger partial charge in [0.15, 0.2) is 0 Å². The van der Waals surface area contributed by atoms with E-state index in [1.807, 2.05) is 37.1 Å². The highest BCUT2D eigenvalue weighted by molar-refractivity contribution is 5.93. The van der Waals surface area contributed by atoms with Crippen LogP contribution in [-0.2, 0) is 7.05 Å². The molecule has 3 rings (SSSR count). The number of piperidine rings is 1. The SMILES string of the molecule is CN(C)c1cc(C2CCN(C(=O)c3cnn(C)c3)CC2)ccn1. The van der Waals surface area contributed by atoms with Gasteiger partial charge in [-0.15, -0.1) is 0 Å². The summed E-state index contributed by atoms with van der Waals surface area (Å²) in [5, 5.41) is 4.08. The molecule has 6 nitrogen and oxygen atoms in total. The second-order valence-electron chi connectivity index (χ2n) is 6.31. The van der Waals surface area contributed by atoms with Crippen LogP contribution in [-0.4, -0.2) is 52.8 Å². The van der Waals surface area contributed by atoms with Crippen LogP contribution in [0.5, 0.6) is 0 Å². The van der Waals surface area contributed by atoms with Gasteiger partial charge in [-0.2, -0.15) is 5.10 Å². The summed E-state index contributed by atoms with van der Waals surface area (Å²) in [6.07, 6.45) is 7.27. The van der Waals surface area contributed by atoms with E-state index in [9.17, 15) is 4.79 Å². The van der Waals surface area contributed by atoms with E-state index >= 15 is 0 Å². The third-order valence-corrected chi connectivity index (χ3v) is 4.43. The first kappa shape index (κ1) is 15.5. The van der Waals surface area contributed by atoms with Gasteiger partial charge in [-0.05, 0) is 36.5 Å². The van der Waals surface area contributed by atoms with E-state index in [1.165, 1.54) is 5.56 Å². The molecule has 23 heavy (non-hydrogen) atoms. The third-order valence-electron chi connectivity index (χ3n) is 4.43. The van der Waals surface area contributed by atoms with Crippen LogP contribution in [0.25, 0.3) is 0 Å². The number of hydrogen-bond acceptors (Lipinski definition) is 4. The lowest BCUT2D eigenvalue weighted by Crippen LogP contribution is -2.37. The number of amides is 1. The number of hydrogen-bond donors (Lipinski definition) is 0. The molecule has 1 saturated heterocycles. The summed E-state index contributed by atoms with van der Waals surface area (Å²) in [5.74, 6) is 1.56. The molecule has 0 aliphatic carbocycles. The summed E-state index contributed by atoms with van der Waals surface area (Å²) in [6.45, 7) is 1.58. The predicted octanol–water partition coefficient (Wildman–Crippen LogP) is 1.90. The lowest BCUT2D eigenvalue weighted by molar-refractivity contribution is 0.0713. The van der Waals surface area contributed by atoms with Gasteiger partial charge in [-0.1, -0.05) is 0 Å². The fraction of sp³-hybridized carbons (Fsp3) is 0.471. The number of likely N-dealkylation sites (tertiary alicyclic amines) is 1. The molecule has 0 spiro atoms. The highest BCUT2D eigenvalue weighted by atomic mass is 16.2. The van der Waals surface area contributed by atoms with Crippen molar-refractivity contribution in [1.29, 1.82) is 0 Å². The van der Waals surface area contributed by atoms with E-state index in [1.54, 1.807) is 17.1 Å². The average molecular weight is 313 g/mol. The summed E-state index contributed by atoms with van der Waals surface area (Å²) in [5.41, 5.74) is 1.99. The fourth-order valence-electron chi connectivity index (χ4n) is 3.06. The molecular formula is C17H23N5O. The number of aromatic nitrogens is 3. The lowest BCUT2D eigenvalue weighted by atomic mass is 9.89. The first-order valence-corrected chi connectivity index (χ1v) is 7.96. The van der Waals surface area contributed by atoms with Crippen molar-refractivity contribution in [3.8, 4) is 0 Å². The summed E-state index contributed by atoms with van der Waals surface area (Å²) >= 11 is 0. The minimum absolute atomic E-state index is 0.0836. The van der Waals surface area contributed by atoms with E-state index in [0.29, 0.717) is 11.5 Å². The third kappa shape index (κ3) is 3.36. The largest absolute Gasteiger partial charge is 0.363 e. The molecule has 0 bridgehead atoms. The van der Waals surface area contributed by atoms with Crippen molar-refractivity contribution >= 4 is 11.7 Å². The smallest absolute Gasteiger partial charge is 0.257 e. The average Bonchev–Trinajstić information content (AvgIpc) is 3.01. The van der Waals surface area contributed by atoms with Gasteiger partial charge in [0.05, 0.1) is 11.8 Å². The van der Waals surface area contributed by atoms with Crippen LogP contribution in [0.2, 0.25) is 0 Å². The zero-order valence-electron chi connectivity index (χ0n) is 13.9. The van der Waals surface area contributed by atoms with Crippen molar-refractivity contribution in [2.24, 2.45) is 7.05 Å². The van der Waals surface area contributed by atoms with E-state index in [2.05, 4.69) is 22.2 Å². The second kappa shape index (κ2) is 6.40. The molecule has 3 heterocycles. The van der Waals surface area contributed by atoms with E-state index in [-0.39, 0.29) is 5.91 Å². The van der Waals surface area contributed by atoms with Gasteiger partial charge < -0.3 is 9.80 Å². The first-order chi connectivity index (χ1) is 11.0. The lowest BCUT2D eigenvalue weighted by Gasteiger charge is -2.32. The summed E-state index contributed by atoms with van der Waals surface area (Å²) < 4.78 is 1.67. The molecule has 6 heteroatoms. The van der Waals surface area contributed by atoms with Crippen LogP contribution in [0.1, 0.15) is 34.7 Å². The molecule has 1 aliphatic rings. The molecule has 1 aliphatic heterocycles. The Bertz CT molecular complexity index is 686. The van der Waals surface area contributed by atoms with Crippen LogP contribution < -0.4 is 4.90 Å². The van der Waals surface area contributed by atoms with E-state index in [0.717, 1.165) is 31.7 Å². The van der Waals surface area contributed by atoms with Crippen molar-refractivity contribution in [2.45, 2.75) is 18.8 Å². The van der Waals surface area contributed by atoms with E-state index in [4.69, 9.17) is 0 Å². The molecule has 1 amide bonds. The van der Waals surface area contributed by atoms with Crippen molar-refractivity contribution < 1.29 is 4.79 Å². The topological polar surface area (TPSA) is 54.3 Å². The molecule has 0 radical (unpaired) electrons. The molecule has 1 fully saturated rings. The van der Waals surface area contributed by atoms with Gasteiger partial charge >= 0.3 is 0 Å². The number of anilines is 1. The molecular weight excluding hydrogens is 290 g/mol. The minimum Gasteiger partial charge on any atom is -0.363 e. The maximum absolute atomic E-state index is 12.5. The Kier molecular flexibility index (Phi) is 4.32. The van der Waals surface area contributed by atoms with Crippen LogP contribution in [0, 0.1) is 0 Å². The number of carbonyl (C=O) groups is 1. The Balaban J connectivity index is 1.64. The van der Waals surface area contributed by atoms with Crippen LogP contribution in [0.15, 0.2) is 30.7 Å². The summed E-state index contributed by atoms with van der Waals surface area (Å²) in [7, 11) is 5.83. The van der Waals surface area contributed by atoms with Crippen molar-refractivity contribution in [1.82, 2.24) is 19.7 Å². The minimum atomic E-state index is 0.0836. The van der Waals surface area contributed by atoms with Crippen LogP contribution in [0.4, 0.5) is 5.82 Å². The predicted molar refractivity (Wildman–Crippen MR) is 89.7 cm³/mol. The maximum atomic E-state index is 12.5. The van der Waals surface area contributed by atoms with Gasteiger partial charge in [0.1, 0.15) is 5.82 Å². The number of aryl methyl sites for hydroxylation is 1. The van der Waals surface area contributed by atoms with Crippen molar-refractivity contribution in [3.63, 3.8) is 0 Å². The zero-order chi connectivity index (χ0) is 16.4. The Morgan fingerprint density at radius 3 is 2.65 bits per heavy atom. The zero-order valence-corrected chi connectivity index (χ0v) is 13.9. The second-order valence-corrected chi connectivity index (χ2v) is 6.31. The Labute approximate surface area is 136 Å². The van der Waals surface area contributed by atoms with Gasteiger partial charge in [0, 0.05) is 46.6 Å². The fourth-order valence-corrected chi connectivity index (χ4v) is 3.06. The maximum Gasteiger partial charge on any atom is 0.257 e. The Hall–Kier alpha value is -2.37. The molecule has 0 N–H and O–H groups in total. The summed E-state index contributed by atoms with van der Waals surface area (Å²) in [4.78, 5) is 20.8. The normalized spacial score (nSPS) is 15.7. The molecule has 122 valence electrons. The first-order valence-electron chi connectivity index (χ1n) is 7.96. The number of rotatable bonds is 3. The van der Waals surface area contributed by atoms with Gasteiger partial charge in [-0.25, -0.2) is 4.98 Å². The van der Waals surface area contributed by atoms with Gasteiger partial charge in [0.25, 0.3) is 5.91 Å². The van der Waals surface area contributed by atoms with Crippen LogP contribution in [0.3, 0.4) is 0 Å². The molecule has 0 unspecified atom stereocenters.